The van der Waals surface area contributed by atoms with Crippen LogP contribution in [0.4, 0.5) is 0 Å². The lowest BCUT2D eigenvalue weighted by atomic mass is 9.97. The van der Waals surface area contributed by atoms with Crippen LogP contribution < -0.4 is 5.32 Å². The highest BCUT2D eigenvalue weighted by atomic mass is 32.1. The Morgan fingerprint density at radius 1 is 1.17 bits per heavy atom. The van der Waals surface area contributed by atoms with Gasteiger partial charge in [0.15, 0.2) is 5.69 Å². The van der Waals surface area contributed by atoms with Gasteiger partial charge in [0.1, 0.15) is 0 Å². The Balaban J connectivity index is 1.46. The highest BCUT2D eigenvalue weighted by molar-refractivity contribution is 7.10. The fourth-order valence-electron chi connectivity index (χ4n) is 3.77. The summed E-state index contributed by atoms with van der Waals surface area (Å²) in [5.74, 6) is 0.608. The molecule has 1 amide bonds. The number of amides is 1. The van der Waals surface area contributed by atoms with Crippen molar-refractivity contribution < 1.29 is 4.79 Å². The monoisotopic (exact) mass is 409 g/mol. The van der Waals surface area contributed by atoms with Crippen molar-refractivity contribution in [2.75, 3.05) is 19.6 Å². The number of nitrogens with one attached hydrogen (secondary N) is 1. The first-order valence-corrected chi connectivity index (χ1v) is 11.0. The second kappa shape index (κ2) is 8.88. The molecule has 6 nitrogen and oxygen atoms in total. The maximum absolute atomic E-state index is 12.9. The van der Waals surface area contributed by atoms with Gasteiger partial charge in [0.25, 0.3) is 5.91 Å². The SMILES string of the molecule is Cc1nn(-c2ccccc2)nc1C(=O)NC[C@@H](c1cccs1)N1CCC(C)CC1. The van der Waals surface area contributed by atoms with Gasteiger partial charge in [-0.3, -0.25) is 9.69 Å². The Hall–Kier alpha value is -2.51. The normalized spacial score (nSPS) is 16.6. The minimum absolute atomic E-state index is 0.170. The zero-order valence-corrected chi connectivity index (χ0v) is 17.7. The zero-order chi connectivity index (χ0) is 20.2. The summed E-state index contributed by atoms with van der Waals surface area (Å²) in [5.41, 5.74) is 1.85. The van der Waals surface area contributed by atoms with Crippen molar-refractivity contribution in [3.8, 4) is 5.69 Å². The van der Waals surface area contributed by atoms with E-state index < -0.39 is 0 Å². The van der Waals surface area contributed by atoms with Crippen LogP contribution in [0.3, 0.4) is 0 Å². The molecule has 1 atom stereocenters. The Morgan fingerprint density at radius 2 is 1.93 bits per heavy atom. The van der Waals surface area contributed by atoms with Crippen LogP contribution in [0.25, 0.3) is 5.69 Å². The van der Waals surface area contributed by atoms with E-state index in [4.69, 9.17) is 0 Å². The van der Waals surface area contributed by atoms with Crippen LogP contribution in [0.1, 0.15) is 46.9 Å². The number of thiophene rings is 1. The van der Waals surface area contributed by atoms with Crippen LogP contribution in [0.2, 0.25) is 0 Å². The van der Waals surface area contributed by atoms with Crippen molar-refractivity contribution in [1.29, 1.82) is 0 Å². The summed E-state index contributed by atoms with van der Waals surface area (Å²) in [6, 6.07) is 14.1. The van der Waals surface area contributed by atoms with E-state index in [0.717, 1.165) is 24.7 Å². The second-order valence-electron chi connectivity index (χ2n) is 7.72. The second-order valence-corrected chi connectivity index (χ2v) is 8.70. The lowest BCUT2D eigenvalue weighted by Crippen LogP contribution is -2.41. The van der Waals surface area contributed by atoms with E-state index in [-0.39, 0.29) is 11.9 Å². The first kappa shape index (κ1) is 19.8. The fourth-order valence-corrected chi connectivity index (χ4v) is 4.63. The van der Waals surface area contributed by atoms with E-state index in [1.165, 1.54) is 22.5 Å². The van der Waals surface area contributed by atoms with Crippen LogP contribution >= 0.6 is 11.3 Å². The minimum atomic E-state index is -0.170. The summed E-state index contributed by atoms with van der Waals surface area (Å²) in [4.78, 5) is 18.2. The predicted molar refractivity (Wildman–Crippen MR) is 115 cm³/mol. The average molecular weight is 410 g/mol. The number of aromatic nitrogens is 3. The lowest BCUT2D eigenvalue weighted by Gasteiger charge is -2.36. The number of hydrogen-bond acceptors (Lipinski definition) is 5. The Kier molecular flexibility index (Phi) is 6.06. The summed E-state index contributed by atoms with van der Waals surface area (Å²) in [7, 11) is 0. The number of rotatable bonds is 6. The number of benzene rings is 1. The van der Waals surface area contributed by atoms with Crippen LogP contribution in [0.15, 0.2) is 47.8 Å². The maximum Gasteiger partial charge on any atom is 0.273 e. The molecule has 7 heteroatoms. The van der Waals surface area contributed by atoms with Gasteiger partial charge in [-0.15, -0.1) is 16.4 Å². The van der Waals surface area contributed by atoms with E-state index in [9.17, 15) is 4.79 Å². The zero-order valence-electron chi connectivity index (χ0n) is 16.9. The standard InChI is InChI=1S/C22H27N5OS/c1-16-10-12-26(13-11-16)19(20-9-6-14-29-20)15-23-22(28)21-17(2)24-27(25-21)18-7-4-3-5-8-18/h3-9,14,16,19H,10-13,15H2,1-2H3,(H,23,28)/t19-/m0/s1. The van der Waals surface area contributed by atoms with Gasteiger partial charge in [0.2, 0.25) is 0 Å². The summed E-state index contributed by atoms with van der Waals surface area (Å²) < 4.78 is 0. The Bertz CT molecular complexity index is 930. The summed E-state index contributed by atoms with van der Waals surface area (Å²) in [5, 5.41) is 14.1. The molecule has 1 saturated heterocycles. The van der Waals surface area contributed by atoms with Crippen LogP contribution in [-0.2, 0) is 0 Å². The molecule has 1 aromatic carbocycles. The molecule has 1 aliphatic rings. The molecular weight excluding hydrogens is 382 g/mol. The molecule has 3 heterocycles. The summed E-state index contributed by atoms with van der Waals surface area (Å²) in [6.45, 7) is 6.86. The van der Waals surface area contributed by atoms with Crippen molar-refractivity contribution in [3.63, 3.8) is 0 Å². The number of carbonyl (C=O) groups is 1. The van der Waals surface area contributed by atoms with Crippen molar-refractivity contribution in [2.24, 2.45) is 5.92 Å². The molecule has 4 rings (SSSR count). The Labute approximate surface area is 175 Å². The third kappa shape index (κ3) is 4.57. The molecule has 1 fully saturated rings. The van der Waals surface area contributed by atoms with Gasteiger partial charge in [-0.1, -0.05) is 31.2 Å². The molecule has 29 heavy (non-hydrogen) atoms. The first-order chi connectivity index (χ1) is 14.1. The van der Waals surface area contributed by atoms with Gasteiger partial charge in [-0.05, 0) is 62.4 Å². The van der Waals surface area contributed by atoms with Crippen LogP contribution in [-0.4, -0.2) is 45.4 Å². The molecular formula is C22H27N5OS. The number of likely N-dealkylation sites (tertiary alicyclic amines) is 1. The maximum atomic E-state index is 12.9. The van der Waals surface area contributed by atoms with Gasteiger partial charge < -0.3 is 5.32 Å². The van der Waals surface area contributed by atoms with E-state index in [2.05, 4.69) is 44.9 Å². The van der Waals surface area contributed by atoms with Crippen molar-refractivity contribution >= 4 is 17.2 Å². The number of hydrogen-bond donors (Lipinski definition) is 1. The molecule has 3 aromatic rings. The summed E-state index contributed by atoms with van der Waals surface area (Å²) in [6.07, 6.45) is 2.42. The van der Waals surface area contributed by atoms with Gasteiger partial charge in [-0.25, -0.2) is 0 Å². The van der Waals surface area contributed by atoms with Gasteiger partial charge in [0, 0.05) is 11.4 Å². The van der Waals surface area contributed by atoms with E-state index in [1.54, 1.807) is 11.3 Å². The highest BCUT2D eigenvalue weighted by Gasteiger charge is 2.26. The highest BCUT2D eigenvalue weighted by Crippen LogP contribution is 2.29. The lowest BCUT2D eigenvalue weighted by molar-refractivity contribution is 0.0909. The molecule has 0 aliphatic carbocycles. The first-order valence-electron chi connectivity index (χ1n) is 10.2. The van der Waals surface area contributed by atoms with Crippen molar-refractivity contribution in [2.45, 2.75) is 32.7 Å². The van der Waals surface area contributed by atoms with E-state index in [1.807, 2.05) is 37.3 Å². The predicted octanol–water partition coefficient (Wildman–Crippen LogP) is 3.84. The number of nitrogens with zero attached hydrogens (tertiary/aromatic N) is 4. The molecule has 0 saturated carbocycles. The number of aryl methyl sites for hydroxylation is 1. The molecule has 2 aromatic heterocycles. The fraction of sp³-hybridized carbons (Fsp3) is 0.409. The molecule has 0 spiro atoms. The van der Waals surface area contributed by atoms with Crippen molar-refractivity contribution in [3.05, 3.63) is 64.1 Å². The topological polar surface area (TPSA) is 63.1 Å². The smallest absolute Gasteiger partial charge is 0.273 e. The molecule has 152 valence electrons. The van der Waals surface area contributed by atoms with Gasteiger partial charge in [0.05, 0.1) is 17.4 Å². The third-order valence-electron chi connectivity index (χ3n) is 5.57. The van der Waals surface area contributed by atoms with Crippen LogP contribution in [0, 0.1) is 12.8 Å². The van der Waals surface area contributed by atoms with Crippen molar-refractivity contribution in [1.82, 2.24) is 25.2 Å². The minimum Gasteiger partial charge on any atom is -0.349 e. The average Bonchev–Trinajstić information content (AvgIpc) is 3.40. The molecule has 1 aliphatic heterocycles. The van der Waals surface area contributed by atoms with Crippen LogP contribution in [0.5, 0.6) is 0 Å². The van der Waals surface area contributed by atoms with E-state index >= 15 is 0 Å². The largest absolute Gasteiger partial charge is 0.349 e. The quantitative estimate of drug-likeness (QED) is 0.672. The third-order valence-corrected chi connectivity index (χ3v) is 6.54. The molecule has 1 N–H and O–H groups in total. The molecule has 0 bridgehead atoms. The molecule has 0 unspecified atom stereocenters. The summed E-state index contributed by atoms with van der Waals surface area (Å²) >= 11 is 1.75. The Morgan fingerprint density at radius 3 is 2.62 bits per heavy atom. The van der Waals surface area contributed by atoms with Gasteiger partial charge in [-0.2, -0.15) is 9.90 Å². The number of carbonyl (C=O) groups excluding carboxylic acids is 1. The van der Waals surface area contributed by atoms with Gasteiger partial charge >= 0.3 is 0 Å². The molecule has 0 radical (unpaired) electrons. The number of piperidine rings is 1. The van der Waals surface area contributed by atoms with E-state index in [0.29, 0.717) is 17.9 Å². The number of para-hydroxylation sites is 1.